The quantitative estimate of drug-likeness (QED) is 0.757. The molecule has 0 saturated carbocycles. The fraction of sp³-hybridized carbons (Fsp3) is 0.417. The maximum atomic E-state index is 11.7. The summed E-state index contributed by atoms with van der Waals surface area (Å²) in [4.78, 5) is 13.4. The first-order valence-corrected chi connectivity index (χ1v) is 5.25. The van der Waals surface area contributed by atoms with Crippen molar-refractivity contribution in [2.24, 2.45) is 0 Å². The minimum absolute atomic E-state index is 0.0184. The molecule has 1 fully saturated rings. The van der Waals surface area contributed by atoms with Crippen LogP contribution in [0.1, 0.15) is 5.56 Å². The molecule has 0 spiro atoms. The summed E-state index contributed by atoms with van der Waals surface area (Å²) in [5.74, 6) is 0.705. The highest BCUT2D eigenvalue weighted by Gasteiger charge is 2.22. The summed E-state index contributed by atoms with van der Waals surface area (Å²) in [6.07, 6.45) is 0. The Bertz CT molecular complexity index is 403. The molecule has 1 aromatic rings. The Hall–Kier alpha value is -1.55. The highest BCUT2D eigenvalue weighted by atomic mass is 16.5. The molecule has 4 heteroatoms. The first kappa shape index (κ1) is 11.0. The van der Waals surface area contributed by atoms with Crippen LogP contribution in [-0.4, -0.2) is 32.8 Å². The molecule has 16 heavy (non-hydrogen) atoms. The van der Waals surface area contributed by atoms with Gasteiger partial charge in [-0.05, 0) is 24.6 Å². The van der Waals surface area contributed by atoms with Gasteiger partial charge in [0.2, 0.25) is 0 Å². The van der Waals surface area contributed by atoms with Gasteiger partial charge in [-0.25, -0.2) is 0 Å². The Balaban J connectivity index is 2.36. The van der Waals surface area contributed by atoms with Gasteiger partial charge in [-0.15, -0.1) is 0 Å². The zero-order valence-electron chi connectivity index (χ0n) is 9.53. The van der Waals surface area contributed by atoms with E-state index in [4.69, 9.17) is 9.47 Å². The van der Waals surface area contributed by atoms with Gasteiger partial charge in [0.15, 0.2) is 0 Å². The van der Waals surface area contributed by atoms with Crippen LogP contribution in [0.15, 0.2) is 18.2 Å². The predicted molar refractivity (Wildman–Crippen MR) is 60.9 cm³/mol. The Labute approximate surface area is 94.8 Å². The lowest BCUT2D eigenvalue weighted by atomic mass is 10.2. The van der Waals surface area contributed by atoms with Crippen LogP contribution in [0.3, 0.4) is 0 Å². The summed E-state index contributed by atoms with van der Waals surface area (Å²) in [6.45, 7) is 3.30. The first-order valence-electron chi connectivity index (χ1n) is 5.25. The molecule has 1 saturated heterocycles. The molecule has 86 valence electrons. The van der Waals surface area contributed by atoms with Crippen LogP contribution in [0, 0.1) is 6.92 Å². The maximum absolute atomic E-state index is 11.7. The number of hydrogen-bond acceptors (Lipinski definition) is 3. The molecule has 0 unspecified atom stereocenters. The first-order chi connectivity index (χ1) is 7.72. The summed E-state index contributed by atoms with van der Waals surface area (Å²) in [5.41, 5.74) is 1.94. The van der Waals surface area contributed by atoms with Crippen molar-refractivity contribution >= 4 is 11.6 Å². The highest BCUT2D eigenvalue weighted by molar-refractivity contribution is 5.96. The van der Waals surface area contributed by atoms with Crippen LogP contribution < -0.4 is 9.64 Å². The molecule has 0 atom stereocenters. The second-order valence-corrected chi connectivity index (χ2v) is 3.77. The molecule has 0 N–H and O–H groups in total. The number of methoxy groups -OCH3 is 1. The van der Waals surface area contributed by atoms with E-state index in [1.165, 1.54) is 0 Å². The van der Waals surface area contributed by atoms with Gasteiger partial charge >= 0.3 is 0 Å². The fourth-order valence-electron chi connectivity index (χ4n) is 1.78. The van der Waals surface area contributed by atoms with E-state index in [1.54, 1.807) is 12.0 Å². The molecule has 1 aliphatic heterocycles. The van der Waals surface area contributed by atoms with Gasteiger partial charge in [0, 0.05) is 6.54 Å². The minimum atomic E-state index is -0.0184. The van der Waals surface area contributed by atoms with E-state index >= 15 is 0 Å². The summed E-state index contributed by atoms with van der Waals surface area (Å²) in [5, 5.41) is 0. The third-order valence-electron chi connectivity index (χ3n) is 2.61. The standard InChI is InChI=1S/C12H15NO3/c1-9-3-4-11(15-2)10(7-9)13-5-6-16-8-12(13)14/h3-4,7H,5-6,8H2,1-2H3. The number of amides is 1. The summed E-state index contributed by atoms with van der Waals surface area (Å²) in [7, 11) is 1.61. The van der Waals surface area contributed by atoms with E-state index in [9.17, 15) is 4.79 Å². The Morgan fingerprint density at radius 3 is 2.94 bits per heavy atom. The lowest BCUT2D eigenvalue weighted by Crippen LogP contribution is -2.41. The van der Waals surface area contributed by atoms with Crippen molar-refractivity contribution in [1.82, 2.24) is 0 Å². The number of nitrogens with zero attached hydrogens (tertiary/aromatic N) is 1. The fourth-order valence-corrected chi connectivity index (χ4v) is 1.78. The van der Waals surface area contributed by atoms with Crippen molar-refractivity contribution in [3.63, 3.8) is 0 Å². The second-order valence-electron chi connectivity index (χ2n) is 3.77. The molecule has 2 rings (SSSR count). The van der Waals surface area contributed by atoms with Crippen molar-refractivity contribution in [3.8, 4) is 5.75 Å². The number of ether oxygens (including phenoxy) is 2. The number of morpholine rings is 1. The van der Waals surface area contributed by atoms with Gasteiger partial charge in [-0.3, -0.25) is 4.79 Å². The molecular weight excluding hydrogens is 206 g/mol. The monoisotopic (exact) mass is 221 g/mol. The predicted octanol–water partition coefficient (Wildman–Crippen LogP) is 1.37. The van der Waals surface area contributed by atoms with Crippen LogP contribution in [0.25, 0.3) is 0 Å². The normalized spacial score (nSPS) is 16.4. The summed E-state index contributed by atoms with van der Waals surface area (Å²) >= 11 is 0. The lowest BCUT2D eigenvalue weighted by Gasteiger charge is -2.28. The molecule has 1 aromatic carbocycles. The average Bonchev–Trinajstić information content (AvgIpc) is 2.29. The zero-order chi connectivity index (χ0) is 11.5. The third kappa shape index (κ3) is 2.02. The van der Waals surface area contributed by atoms with Crippen molar-refractivity contribution in [1.29, 1.82) is 0 Å². The number of aryl methyl sites for hydroxylation is 1. The van der Waals surface area contributed by atoms with E-state index in [2.05, 4.69) is 0 Å². The molecule has 0 aliphatic carbocycles. The topological polar surface area (TPSA) is 38.8 Å². The van der Waals surface area contributed by atoms with Crippen LogP contribution in [0.5, 0.6) is 5.75 Å². The smallest absolute Gasteiger partial charge is 0.253 e. The number of benzene rings is 1. The van der Waals surface area contributed by atoms with Gasteiger partial charge in [0.1, 0.15) is 12.4 Å². The molecule has 1 amide bonds. The molecule has 1 heterocycles. The Kier molecular flexibility index (Phi) is 3.10. The van der Waals surface area contributed by atoms with E-state index in [1.807, 2.05) is 25.1 Å². The van der Waals surface area contributed by atoms with Crippen molar-refractivity contribution in [3.05, 3.63) is 23.8 Å². The van der Waals surface area contributed by atoms with Crippen molar-refractivity contribution in [2.75, 3.05) is 31.8 Å². The van der Waals surface area contributed by atoms with Gasteiger partial charge in [0.05, 0.1) is 19.4 Å². The van der Waals surface area contributed by atoms with E-state index < -0.39 is 0 Å². The zero-order valence-corrected chi connectivity index (χ0v) is 9.53. The van der Waals surface area contributed by atoms with Crippen molar-refractivity contribution in [2.45, 2.75) is 6.92 Å². The minimum Gasteiger partial charge on any atom is -0.495 e. The maximum Gasteiger partial charge on any atom is 0.253 e. The number of anilines is 1. The van der Waals surface area contributed by atoms with Gasteiger partial charge in [-0.1, -0.05) is 6.07 Å². The summed E-state index contributed by atoms with van der Waals surface area (Å²) < 4.78 is 10.4. The van der Waals surface area contributed by atoms with Gasteiger partial charge < -0.3 is 14.4 Å². The van der Waals surface area contributed by atoms with E-state index in [0.717, 1.165) is 17.0 Å². The number of carbonyl (C=O) groups excluding carboxylic acids is 1. The summed E-state index contributed by atoms with van der Waals surface area (Å²) in [6, 6.07) is 5.81. The highest BCUT2D eigenvalue weighted by Crippen LogP contribution is 2.29. The second kappa shape index (κ2) is 4.53. The molecule has 1 aliphatic rings. The number of carbonyl (C=O) groups is 1. The largest absolute Gasteiger partial charge is 0.495 e. The van der Waals surface area contributed by atoms with Crippen LogP contribution >= 0.6 is 0 Å². The van der Waals surface area contributed by atoms with Crippen LogP contribution in [0.2, 0.25) is 0 Å². The van der Waals surface area contributed by atoms with Gasteiger partial charge in [0.25, 0.3) is 5.91 Å². The SMILES string of the molecule is COc1ccc(C)cc1N1CCOCC1=O. The molecule has 0 bridgehead atoms. The van der Waals surface area contributed by atoms with Crippen LogP contribution in [-0.2, 0) is 9.53 Å². The molecule has 4 nitrogen and oxygen atoms in total. The molecule has 0 aromatic heterocycles. The van der Waals surface area contributed by atoms with Crippen molar-refractivity contribution < 1.29 is 14.3 Å². The number of hydrogen-bond donors (Lipinski definition) is 0. The Morgan fingerprint density at radius 1 is 1.44 bits per heavy atom. The van der Waals surface area contributed by atoms with E-state index in [-0.39, 0.29) is 12.5 Å². The average molecular weight is 221 g/mol. The third-order valence-corrected chi connectivity index (χ3v) is 2.61. The molecular formula is C12H15NO3. The van der Waals surface area contributed by atoms with Gasteiger partial charge in [-0.2, -0.15) is 0 Å². The number of rotatable bonds is 2. The van der Waals surface area contributed by atoms with E-state index in [0.29, 0.717) is 13.2 Å². The Morgan fingerprint density at radius 2 is 2.25 bits per heavy atom. The van der Waals surface area contributed by atoms with Crippen LogP contribution in [0.4, 0.5) is 5.69 Å². The lowest BCUT2D eigenvalue weighted by molar-refractivity contribution is -0.125. The molecule has 0 radical (unpaired) electrons.